The zero-order chi connectivity index (χ0) is 23.2. The van der Waals surface area contributed by atoms with Crippen molar-refractivity contribution in [2.75, 3.05) is 32.7 Å². The number of hydrogen-bond acceptors (Lipinski definition) is 4. The Balaban J connectivity index is 1.20. The number of aromatic nitrogens is 2. The number of rotatable bonds is 5. The van der Waals surface area contributed by atoms with E-state index in [0.29, 0.717) is 36.6 Å². The maximum Gasteiger partial charge on any atom is 0.271 e. The fraction of sp³-hybridized carbons (Fsp3) is 0.519. The average molecular weight is 463 g/mol. The molecule has 1 N–H and O–H groups in total. The van der Waals surface area contributed by atoms with E-state index in [1.807, 2.05) is 17.1 Å². The van der Waals surface area contributed by atoms with Crippen molar-refractivity contribution in [3.8, 4) is 0 Å². The van der Waals surface area contributed by atoms with Crippen LogP contribution in [0.3, 0.4) is 0 Å². The van der Waals surface area contributed by atoms with Gasteiger partial charge in [-0.25, -0.2) is 9.49 Å². The monoisotopic (exact) mass is 462 g/mol. The predicted molar refractivity (Wildman–Crippen MR) is 128 cm³/mol. The fourth-order valence-electron chi connectivity index (χ4n) is 6.01. The molecule has 3 heterocycles. The molecule has 4 aliphatic rings. The highest BCUT2D eigenvalue weighted by atomic mass is 19.1. The Hall–Kier alpha value is -2.80. The Morgan fingerprint density at radius 3 is 2.68 bits per heavy atom. The first-order valence-electron chi connectivity index (χ1n) is 12.6. The Kier molecular flexibility index (Phi) is 5.60. The molecule has 0 radical (unpaired) electrons. The summed E-state index contributed by atoms with van der Waals surface area (Å²) in [5.41, 5.74) is 1.52. The normalized spacial score (nSPS) is 24.2. The third-order valence-electron chi connectivity index (χ3n) is 8.01. The number of nitrogens with one attached hydrogen (secondary N) is 1. The molecule has 2 saturated heterocycles. The van der Waals surface area contributed by atoms with Crippen LogP contribution in [0.2, 0.25) is 0 Å². The molecule has 6 nitrogen and oxygen atoms in total. The van der Waals surface area contributed by atoms with E-state index in [1.165, 1.54) is 25.5 Å². The third kappa shape index (κ3) is 4.22. The van der Waals surface area contributed by atoms with Crippen LogP contribution in [0.25, 0.3) is 12.2 Å². The Morgan fingerprint density at radius 2 is 1.85 bits per heavy atom. The summed E-state index contributed by atoms with van der Waals surface area (Å²) in [6.07, 6.45) is 9.85. The summed E-state index contributed by atoms with van der Waals surface area (Å²) in [5, 5.41) is 8.35. The standard InChI is InChI=1S/C27H31FN4O2/c28-24-8-7-18(12-25-21-3-1-2-4-22(21)26(33)30-29-25)11-23(24)27(34)32-10-9-19-14-31(13-17-5-6-17)15-20(19)16-32/h3-4,7-8,11,17,19-20H,1-2,5-6,9-10,12-16H2,(H,30,33). The van der Waals surface area contributed by atoms with Gasteiger partial charge < -0.3 is 9.80 Å². The number of H-pyrrole nitrogens is 1. The summed E-state index contributed by atoms with van der Waals surface area (Å²) in [6.45, 7) is 4.83. The van der Waals surface area contributed by atoms with Gasteiger partial charge in [-0.15, -0.1) is 0 Å². The van der Waals surface area contributed by atoms with Gasteiger partial charge in [0.2, 0.25) is 0 Å². The summed E-state index contributed by atoms with van der Waals surface area (Å²) < 4.78 is 14.8. The van der Waals surface area contributed by atoms with Crippen molar-refractivity contribution in [2.45, 2.75) is 38.5 Å². The molecule has 6 rings (SSSR count). The number of aromatic amines is 1. The van der Waals surface area contributed by atoms with E-state index in [9.17, 15) is 14.0 Å². The summed E-state index contributed by atoms with van der Waals surface area (Å²) >= 11 is 0. The highest BCUT2D eigenvalue weighted by Crippen LogP contribution is 2.36. The van der Waals surface area contributed by atoms with E-state index in [1.54, 1.807) is 12.1 Å². The van der Waals surface area contributed by atoms with E-state index in [4.69, 9.17) is 0 Å². The minimum Gasteiger partial charge on any atom is -0.338 e. The fourth-order valence-corrected chi connectivity index (χ4v) is 6.01. The first-order valence-corrected chi connectivity index (χ1v) is 12.6. The van der Waals surface area contributed by atoms with E-state index >= 15 is 0 Å². The Morgan fingerprint density at radius 1 is 1.06 bits per heavy atom. The highest BCUT2D eigenvalue weighted by molar-refractivity contribution is 5.94. The molecule has 2 aliphatic carbocycles. The predicted octanol–water partition coefficient (Wildman–Crippen LogP) is 1.66. The highest BCUT2D eigenvalue weighted by Gasteiger charge is 2.40. The van der Waals surface area contributed by atoms with Crippen LogP contribution < -0.4 is 16.0 Å². The van der Waals surface area contributed by atoms with Gasteiger partial charge in [-0.05, 0) is 67.6 Å². The number of piperidine rings is 1. The smallest absolute Gasteiger partial charge is 0.271 e. The minimum absolute atomic E-state index is 0.137. The second-order valence-electron chi connectivity index (χ2n) is 10.5. The van der Waals surface area contributed by atoms with E-state index in [0.717, 1.165) is 54.7 Å². The van der Waals surface area contributed by atoms with Crippen LogP contribution in [0.15, 0.2) is 23.0 Å². The number of hydrogen-bond donors (Lipinski definition) is 1. The minimum atomic E-state index is -0.478. The number of nitrogens with zero attached hydrogens (tertiary/aromatic N) is 3. The first kappa shape index (κ1) is 21.7. The zero-order valence-electron chi connectivity index (χ0n) is 19.4. The van der Waals surface area contributed by atoms with Crippen molar-refractivity contribution >= 4 is 18.1 Å². The molecule has 1 amide bonds. The lowest BCUT2D eigenvalue weighted by atomic mass is 9.88. The lowest BCUT2D eigenvalue weighted by molar-refractivity contribution is 0.0637. The van der Waals surface area contributed by atoms with Crippen LogP contribution in [0.1, 0.15) is 53.7 Å². The van der Waals surface area contributed by atoms with E-state index < -0.39 is 5.82 Å². The molecule has 7 heteroatoms. The molecule has 1 saturated carbocycles. The number of carbonyl (C=O) groups excluding carboxylic acids is 1. The van der Waals surface area contributed by atoms with Gasteiger partial charge in [0.15, 0.2) is 0 Å². The Labute approximate surface area is 198 Å². The van der Waals surface area contributed by atoms with Crippen molar-refractivity contribution in [1.29, 1.82) is 0 Å². The Bertz CT molecular complexity index is 1300. The SMILES string of the molecule is O=C(c1cc(Cc2n[nH]c(=O)c3c2=CCCC=3)ccc1F)N1CCC2CN(CC3CC3)CC2C1. The molecule has 1 aromatic carbocycles. The lowest BCUT2D eigenvalue weighted by Gasteiger charge is -2.34. The molecule has 1 aromatic heterocycles. The molecule has 2 aromatic rings. The average Bonchev–Trinajstić information content (AvgIpc) is 3.57. The topological polar surface area (TPSA) is 69.3 Å². The van der Waals surface area contributed by atoms with Gasteiger partial charge in [0.25, 0.3) is 11.5 Å². The molecular weight excluding hydrogens is 431 g/mol. The number of amides is 1. The first-order chi connectivity index (χ1) is 16.5. The summed E-state index contributed by atoms with van der Waals surface area (Å²) in [6, 6.07) is 4.76. The van der Waals surface area contributed by atoms with Crippen molar-refractivity contribution in [3.63, 3.8) is 0 Å². The largest absolute Gasteiger partial charge is 0.338 e. The van der Waals surface area contributed by atoms with Crippen molar-refractivity contribution < 1.29 is 9.18 Å². The summed E-state index contributed by atoms with van der Waals surface area (Å²) in [4.78, 5) is 29.9. The van der Waals surface area contributed by atoms with Crippen molar-refractivity contribution in [2.24, 2.45) is 17.8 Å². The van der Waals surface area contributed by atoms with Gasteiger partial charge in [-0.2, -0.15) is 5.10 Å². The van der Waals surface area contributed by atoms with Gasteiger partial charge in [0.05, 0.1) is 11.3 Å². The summed E-state index contributed by atoms with van der Waals surface area (Å²) in [5.74, 6) is 1.34. The quantitative estimate of drug-likeness (QED) is 0.734. The molecule has 34 heavy (non-hydrogen) atoms. The lowest BCUT2D eigenvalue weighted by Crippen LogP contribution is -2.45. The van der Waals surface area contributed by atoms with Crippen LogP contribution in [0.5, 0.6) is 0 Å². The number of benzene rings is 1. The van der Waals surface area contributed by atoms with Gasteiger partial charge in [0, 0.05) is 49.6 Å². The zero-order valence-corrected chi connectivity index (χ0v) is 19.4. The van der Waals surface area contributed by atoms with E-state index in [2.05, 4.69) is 15.1 Å². The van der Waals surface area contributed by atoms with Gasteiger partial charge in [-0.3, -0.25) is 9.59 Å². The number of halogens is 1. The van der Waals surface area contributed by atoms with Crippen molar-refractivity contribution in [1.82, 2.24) is 20.0 Å². The van der Waals surface area contributed by atoms with Crippen LogP contribution >= 0.6 is 0 Å². The van der Waals surface area contributed by atoms with E-state index in [-0.39, 0.29) is 17.0 Å². The van der Waals surface area contributed by atoms with Gasteiger partial charge in [-0.1, -0.05) is 18.2 Å². The molecule has 0 bridgehead atoms. The van der Waals surface area contributed by atoms with Crippen molar-refractivity contribution in [3.05, 3.63) is 61.6 Å². The maximum absolute atomic E-state index is 14.8. The van der Waals surface area contributed by atoms with Gasteiger partial charge in [0.1, 0.15) is 5.82 Å². The summed E-state index contributed by atoms with van der Waals surface area (Å²) in [7, 11) is 0. The van der Waals surface area contributed by atoms with Gasteiger partial charge >= 0.3 is 0 Å². The van der Waals surface area contributed by atoms with Crippen LogP contribution in [0.4, 0.5) is 4.39 Å². The number of likely N-dealkylation sites (tertiary alicyclic amines) is 2. The number of carbonyl (C=O) groups is 1. The molecule has 178 valence electrons. The molecule has 3 fully saturated rings. The maximum atomic E-state index is 14.8. The van der Waals surface area contributed by atoms with Crippen LogP contribution in [0, 0.1) is 23.6 Å². The molecular formula is C27H31FN4O2. The molecule has 2 atom stereocenters. The van der Waals surface area contributed by atoms with Crippen LogP contribution in [-0.4, -0.2) is 58.6 Å². The second-order valence-corrected chi connectivity index (χ2v) is 10.5. The van der Waals surface area contributed by atoms with Crippen LogP contribution in [-0.2, 0) is 6.42 Å². The molecule has 0 spiro atoms. The molecule has 2 aliphatic heterocycles. The second kappa shape index (κ2) is 8.77. The molecule has 2 unspecified atom stereocenters. The number of fused-ring (bicyclic) bond motifs is 2. The third-order valence-corrected chi connectivity index (χ3v) is 8.01.